The van der Waals surface area contributed by atoms with E-state index in [0.29, 0.717) is 0 Å². The lowest BCUT2D eigenvalue weighted by atomic mass is 9.97. The van der Waals surface area contributed by atoms with E-state index in [1.165, 1.54) is 71.1 Å². The van der Waals surface area contributed by atoms with E-state index in [1.807, 2.05) is 0 Å². The van der Waals surface area contributed by atoms with Crippen LogP contribution in [0, 0.1) is 0 Å². The zero-order valence-electron chi connectivity index (χ0n) is 33.4. The molecule has 2 aromatic heterocycles. The molecule has 0 N–H and O–H groups in total. The number of fused-ring (bicyclic) bond motifs is 7. The van der Waals surface area contributed by atoms with Gasteiger partial charge in [-0.15, -0.1) is 0 Å². The molecule has 12 rings (SSSR count). The SMILES string of the molecule is c1ccc(-n2c3ccccc3c3cccc(-c4cccc(N(c5cccc(-c6cccc7ccccc67)c5)c5cccc(-n6c7ccccc7c7ccccc76)c5)c4)c32)cc1. The lowest BCUT2D eigenvalue weighted by molar-refractivity contribution is 1.17. The van der Waals surface area contributed by atoms with Gasteiger partial charge in [-0.25, -0.2) is 0 Å². The van der Waals surface area contributed by atoms with Crippen LogP contribution in [0.25, 0.3) is 88.0 Å². The van der Waals surface area contributed by atoms with Gasteiger partial charge in [-0.1, -0.05) is 164 Å². The number of hydrogen-bond acceptors (Lipinski definition) is 1. The molecule has 0 saturated carbocycles. The zero-order valence-corrected chi connectivity index (χ0v) is 33.4. The highest BCUT2D eigenvalue weighted by atomic mass is 15.1. The van der Waals surface area contributed by atoms with E-state index in [2.05, 4.69) is 251 Å². The van der Waals surface area contributed by atoms with Gasteiger partial charge >= 0.3 is 0 Å². The molecule has 0 fully saturated rings. The number of aromatic nitrogens is 2. The Bertz CT molecular complexity index is 3550. The highest BCUT2D eigenvalue weighted by Gasteiger charge is 2.20. The van der Waals surface area contributed by atoms with Crippen molar-refractivity contribution in [2.24, 2.45) is 0 Å². The van der Waals surface area contributed by atoms with Crippen LogP contribution in [0.15, 0.2) is 237 Å². The molecule has 286 valence electrons. The number of hydrogen-bond donors (Lipinski definition) is 0. The summed E-state index contributed by atoms with van der Waals surface area (Å²) in [7, 11) is 0. The molecular weight excluding hydrogens is 739 g/mol. The molecule has 61 heavy (non-hydrogen) atoms. The van der Waals surface area contributed by atoms with Crippen LogP contribution in [0.5, 0.6) is 0 Å². The van der Waals surface area contributed by atoms with Gasteiger partial charge in [-0.3, -0.25) is 0 Å². The first-order valence-corrected chi connectivity index (χ1v) is 20.9. The third kappa shape index (κ3) is 5.74. The van der Waals surface area contributed by atoms with E-state index in [1.54, 1.807) is 0 Å². The second-order valence-corrected chi connectivity index (χ2v) is 15.7. The van der Waals surface area contributed by atoms with Gasteiger partial charge in [-0.2, -0.15) is 0 Å². The van der Waals surface area contributed by atoms with Gasteiger partial charge in [0.15, 0.2) is 0 Å². The maximum Gasteiger partial charge on any atom is 0.0619 e. The maximum atomic E-state index is 2.42. The average Bonchev–Trinajstić information content (AvgIpc) is 3.85. The van der Waals surface area contributed by atoms with Crippen molar-refractivity contribution in [3.63, 3.8) is 0 Å². The van der Waals surface area contributed by atoms with Crippen molar-refractivity contribution < 1.29 is 0 Å². The summed E-state index contributed by atoms with van der Waals surface area (Å²) in [6.07, 6.45) is 0. The Hall–Kier alpha value is -8.14. The third-order valence-electron chi connectivity index (χ3n) is 12.3. The Morgan fingerprint density at radius 3 is 1.41 bits per heavy atom. The first kappa shape index (κ1) is 34.9. The molecule has 0 aliphatic carbocycles. The van der Waals surface area contributed by atoms with Crippen LogP contribution in [0.2, 0.25) is 0 Å². The number of para-hydroxylation sites is 5. The molecule has 10 aromatic carbocycles. The first-order valence-electron chi connectivity index (χ1n) is 20.9. The summed E-state index contributed by atoms with van der Waals surface area (Å²) in [4.78, 5) is 2.42. The van der Waals surface area contributed by atoms with Crippen molar-refractivity contribution in [2.75, 3.05) is 4.90 Å². The zero-order chi connectivity index (χ0) is 40.3. The van der Waals surface area contributed by atoms with Gasteiger partial charge in [0, 0.05) is 55.5 Å². The van der Waals surface area contributed by atoms with E-state index in [9.17, 15) is 0 Å². The molecule has 3 nitrogen and oxygen atoms in total. The highest BCUT2D eigenvalue weighted by molar-refractivity contribution is 6.14. The lowest BCUT2D eigenvalue weighted by Crippen LogP contribution is -2.11. The fourth-order valence-electron chi connectivity index (χ4n) is 9.62. The van der Waals surface area contributed by atoms with Crippen molar-refractivity contribution in [1.29, 1.82) is 0 Å². The van der Waals surface area contributed by atoms with Crippen LogP contribution in [0.3, 0.4) is 0 Å². The number of nitrogens with zero attached hydrogens (tertiary/aromatic N) is 3. The molecule has 0 spiro atoms. The molecule has 2 heterocycles. The number of benzene rings is 10. The van der Waals surface area contributed by atoms with Gasteiger partial charge in [0.25, 0.3) is 0 Å². The standard InChI is InChI=1S/C58H39N3/c1-2-21-43(22-3-1)61-57-36-11-8-30-53(57)54-33-16-32-50(58(54)61)42-20-13-24-45(38-42)59(44-23-12-19-41(37-44)49-31-14-18-40-17-4-5-27-48(40)49)46-25-15-26-47(39-46)60-55-34-9-6-28-51(55)52-29-7-10-35-56(52)60/h1-39H. The molecule has 0 saturated heterocycles. The Labute approximate surface area is 354 Å². The Balaban J connectivity index is 1.08. The fourth-order valence-corrected chi connectivity index (χ4v) is 9.62. The molecule has 0 aliphatic heterocycles. The second-order valence-electron chi connectivity index (χ2n) is 15.7. The Kier molecular flexibility index (Phi) is 8.17. The molecule has 12 aromatic rings. The Morgan fingerprint density at radius 2 is 0.721 bits per heavy atom. The van der Waals surface area contributed by atoms with E-state index in [0.717, 1.165) is 34.0 Å². The summed E-state index contributed by atoms with van der Waals surface area (Å²) in [5, 5.41) is 7.45. The van der Waals surface area contributed by atoms with Gasteiger partial charge in [0.05, 0.1) is 22.1 Å². The number of anilines is 3. The van der Waals surface area contributed by atoms with Gasteiger partial charge in [0.2, 0.25) is 0 Å². The van der Waals surface area contributed by atoms with Crippen molar-refractivity contribution in [2.45, 2.75) is 0 Å². The smallest absolute Gasteiger partial charge is 0.0619 e. The molecule has 0 aliphatic rings. The van der Waals surface area contributed by atoms with Gasteiger partial charge < -0.3 is 14.0 Å². The summed E-state index contributed by atoms with van der Waals surface area (Å²) in [6, 6.07) is 86.0. The topological polar surface area (TPSA) is 13.1 Å². The predicted molar refractivity (Wildman–Crippen MR) is 258 cm³/mol. The summed E-state index contributed by atoms with van der Waals surface area (Å²) in [6.45, 7) is 0. The largest absolute Gasteiger partial charge is 0.310 e. The van der Waals surface area contributed by atoms with Crippen LogP contribution in [-0.2, 0) is 0 Å². The lowest BCUT2D eigenvalue weighted by Gasteiger charge is -2.27. The summed E-state index contributed by atoms with van der Waals surface area (Å²) in [5.41, 5.74) is 15.0. The van der Waals surface area contributed by atoms with Crippen molar-refractivity contribution in [1.82, 2.24) is 9.13 Å². The minimum atomic E-state index is 1.07. The quantitative estimate of drug-likeness (QED) is 0.157. The fraction of sp³-hybridized carbons (Fsp3) is 0. The van der Waals surface area contributed by atoms with Crippen LogP contribution in [-0.4, -0.2) is 9.13 Å². The Morgan fingerprint density at radius 1 is 0.279 bits per heavy atom. The minimum absolute atomic E-state index is 1.07. The molecule has 0 radical (unpaired) electrons. The number of rotatable bonds is 7. The van der Waals surface area contributed by atoms with Crippen molar-refractivity contribution in [3.8, 4) is 33.6 Å². The van der Waals surface area contributed by atoms with E-state index in [4.69, 9.17) is 0 Å². The van der Waals surface area contributed by atoms with Gasteiger partial charge in [0.1, 0.15) is 0 Å². The molecule has 0 bridgehead atoms. The maximum absolute atomic E-state index is 2.42. The van der Waals surface area contributed by atoms with E-state index in [-0.39, 0.29) is 0 Å². The summed E-state index contributed by atoms with van der Waals surface area (Å²) < 4.78 is 4.83. The van der Waals surface area contributed by atoms with Crippen LogP contribution >= 0.6 is 0 Å². The third-order valence-corrected chi connectivity index (χ3v) is 12.3. The monoisotopic (exact) mass is 777 g/mol. The first-order chi connectivity index (χ1) is 30.3. The van der Waals surface area contributed by atoms with E-state index < -0.39 is 0 Å². The molecular formula is C58H39N3. The average molecular weight is 778 g/mol. The highest BCUT2D eigenvalue weighted by Crippen LogP contribution is 2.43. The van der Waals surface area contributed by atoms with Crippen LogP contribution in [0.1, 0.15) is 0 Å². The van der Waals surface area contributed by atoms with Crippen LogP contribution in [0.4, 0.5) is 17.1 Å². The van der Waals surface area contributed by atoms with Crippen LogP contribution < -0.4 is 4.90 Å². The predicted octanol–water partition coefficient (Wildman–Crippen LogP) is 15.8. The second kappa shape index (κ2) is 14.3. The van der Waals surface area contributed by atoms with Crippen molar-refractivity contribution >= 4 is 71.4 Å². The summed E-state index contributed by atoms with van der Waals surface area (Å²) in [5.74, 6) is 0. The molecule has 0 atom stereocenters. The minimum Gasteiger partial charge on any atom is -0.310 e. The normalized spacial score (nSPS) is 11.6. The molecule has 0 amide bonds. The summed E-state index contributed by atoms with van der Waals surface area (Å²) >= 11 is 0. The van der Waals surface area contributed by atoms with Gasteiger partial charge in [-0.05, 0) is 100 Å². The van der Waals surface area contributed by atoms with Crippen molar-refractivity contribution in [3.05, 3.63) is 237 Å². The molecule has 0 unspecified atom stereocenters. The molecule has 3 heteroatoms. The van der Waals surface area contributed by atoms with E-state index >= 15 is 0 Å².